The average molecular weight is 137 g/mol. The van der Waals surface area contributed by atoms with Gasteiger partial charge in [0.1, 0.15) is 0 Å². The summed E-state index contributed by atoms with van der Waals surface area (Å²) >= 11 is 0. The van der Waals surface area contributed by atoms with Crippen LogP contribution in [0, 0.1) is 0 Å². The fourth-order valence-electron chi connectivity index (χ4n) is 0.587. The van der Waals surface area contributed by atoms with Crippen LogP contribution in [0.2, 0.25) is 0 Å². The first kappa shape index (κ1) is 9.02. The summed E-state index contributed by atoms with van der Waals surface area (Å²) in [7, 11) is 0. The lowest BCUT2D eigenvalue weighted by Crippen LogP contribution is -2.07. The Labute approximate surface area is 63.3 Å². The van der Waals surface area contributed by atoms with Gasteiger partial charge in [0.25, 0.3) is 0 Å². The fourth-order valence-corrected chi connectivity index (χ4v) is 0.587. The normalized spacial score (nSPS) is 10.8. The smallest absolute Gasteiger partial charge is 0.0191 e. The Morgan fingerprint density at radius 3 is 2.40 bits per heavy atom. The maximum atomic E-state index is 3.67. The second-order valence-electron chi connectivity index (χ2n) is 2.09. The van der Waals surface area contributed by atoms with Crippen molar-refractivity contribution in [1.29, 1.82) is 0 Å². The van der Waals surface area contributed by atoms with E-state index in [1.807, 2.05) is 24.1 Å². The molecule has 0 aliphatic carbocycles. The Kier molecular flexibility index (Phi) is 4.38. The van der Waals surface area contributed by atoms with Gasteiger partial charge in [0.15, 0.2) is 0 Å². The Hall–Kier alpha value is -0.980. The van der Waals surface area contributed by atoms with E-state index >= 15 is 0 Å². The van der Waals surface area contributed by atoms with E-state index in [0.29, 0.717) is 0 Å². The van der Waals surface area contributed by atoms with E-state index in [4.69, 9.17) is 0 Å². The summed E-state index contributed by atoms with van der Waals surface area (Å²) < 4.78 is 0. The molecule has 0 aliphatic heterocycles. The molecule has 0 spiro atoms. The third-order valence-electron chi connectivity index (χ3n) is 1.29. The molecule has 0 aromatic heterocycles. The van der Waals surface area contributed by atoms with Crippen molar-refractivity contribution in [2.45, 2.75) is 13.8 Å². The van der Waals surface area contributed by atoms with Crippen LogP contribution in [0.1, 0.15) is 13.8 Å². The van der Waals surface area contributed by atoms with Crippen molar-refractivity contribution >= 4 is 0 Å². The lowest BCUT2D eigenvalue weighted by atomic mass is 10.3. The van der Waals surface area contributed by atoms with Crippen molar-refractivity contribution in [2.24, 2.45) is 0 Å². The lowest BCUT2D eigenvalue weighted by Gasteiger charge is -2.11. The SMILES string of the molecule is C=C/C(C)=C\N(C=C)CC. The van der Waals surface area contributed by atoms with Crippen LogP contribution in [0.4, 0.5) is 0 Å². The fraction of sp³-hybridized carbons (Fsp3) is 0.333. The highest BCUT2D eigenvalue weighted by atomic mass is 15.1. The zero-order valence-corrected chi connectivity index (χ0v) is 6.80. The van der Waals surface area contributed by atoms with E-state index in [2.05, 4.69) is 20.1 Å². The molecule has 0 N–H and O–H groups in total. The molecule has 0 rings (SSSR count). The molecule has 1 nitrogen and oxygen atoms in total. The molecule has 0 aromatic rings. The first-order valence-corrected chi connectivity index (χ1v) is 3.43. The van der Waals surface area contributed by atoms with Crippen LogP contribution < -0.4 is 0 Å². The summed E-state index contributed by atoms with van der Waals surface area (Å²) in [5, 5.41) is 0. The second kappa shape index (κ2) is 4.86. The van der Waals surface area contributed by atoms with Gasteiger partial charge in [-0.2, -0.15) is 0 Å². The molecule has 0 aromatic carbocycles. The van der Waals surface area contributed by atoms with Gasteiger partial charge in [0.05, 0.1) is 0 Å². The maximum Gasteiger partial charge on any atom is 0.0191 e. The van der Waals surface area contributed by atoms with Gasteiger partial charge in [0.2, 0.25) is 0 Å². The van der Waals surface area contributed by atoms with Crippen LogP contribution in [0.25, 0.3) is 0 Å². The lowest BCUT2D eigenvalue weighted by molar-refractivity contribution is 0.535. The molecule has 1 heteroatoms. The molecule has 56 valence electrons. The van der Waals surface area contributed by atoms with Gasteiger partial charge in [-0.3, -0.25) is 0 Å². The zero-order chi connectivity index (χ0) is 7.98. The van der Waals surface area contributed by atoms with Crippen LogP contribution in [0.3, 0.4) is 0 Å². The van der Waals surface area contributed by atoms with Crippen LogP contribution in [-0.4, -0.2) is 11.4 Å². The number of nitrogens with zero attached hydrogens (tertiary/aromatic N) is 1. The summed E-state index contributed by atoms with van der Waals surface area (Å²) in [6.45, 7) is 12.4. The molecule has 0 radical (unpaired) electrons. The molecular formula is C9H15N. The largest absolute Gasteiger partial charge is 0.355 e. The highest BCUT2D eigenvalue weighted by Crippen LogP contribution is 1.97. The Bertz CT molecular complexity index is 145. The summed E-state index contributed by atoms with van der Waals surface area (Å²) in [4.78, 5) is 2.01. The minimum absolute atomic E-state index is 0.953. The topological polar surface area (TPSA) is 3.24 Å². The van der Waals surface area contributed by atoms with Gasteiger partial charge >= 0.3 is 0 Å². The number of allylic oxidation sites excluding steroid dienone is 2. The standard InChI is InChI=1S/C9H15N/c1-5-9(4)8-10(6-2)7-3/h5-6,8H,1-2,7H2,3-4H3/b9-8-. The maximum absolute atomic E-state index is 3.67. The molecular weight excluding hydrogens is 122 g/mol. The molecule has 0 saturated heterocycles. The van der Waals surface area contributed by atoms with Crippen molar-refractivity contribution < 1.29 is 0 Å². The van der Waals surface area contributed by atoms with Gasteiger partial charge in [0, 0.05) is 12.7 Å². The summed E-state index contributed by atoms with van der Waals surface area (Å²) in [6.07, 6.45) is 5.64. The quantitative estimate of drug-likeness (QED) is 0.538. The summed E-state index contributed by atoms with van der Waals surface area (Å²) in [5.41, 5.74) is 1.15. The Morgan fingerprint density at radius 1 is 1.50 bits per heavy atom. The van der Waals surface area contributed by atoms with Gasteiger partial charge in [-0.15, -0.1) is 0 Å². The molecule has 10 heavy (non-hydrogen) atoms. The van der Waals surface area contributed by atoms with E-state index in [0.717, 1.165) is 12.1 Å². The predicted octanol–water partition coefficient (Wildman–Crippen LogP) is 2.54. The molecule has 0 unspecified atom stereocenters. The van der Waals surface area contributed by atoms with Crippen molar-refractivity contribution in [3.63, 3.8) is 0 Å². The van der Waals surface area contributed by atoms with Gasteiger partial charge in [-0.05, 0) is 25.6 Å². The molecule has 0 aliphatic rings. The van der Waals surface area contributed by atoms with E-state index < -0.39 is 0 Å². The molecule has 0 amide bonds. The summed E-state index contributed by atoms with van der Waals surface area (Å²) in [5.74, 6) is 0. The number of hydrogen-bond acceptors (Lipinski definition) is 1. The first-order valence-electron chi connectivity index (χ1n) is 3.43. The third-order valence-corrected chi connectivity index (χ3v) is 1.29. The molecule has 0 saturated carbocycles. The third kappa shape index (κ3) is 3.13. The summed E-state index contributed by atoms with van der Waals surface area (Å²) in [6, 6.07) is 0. The minimum Gasteiger partial charge on any atom is -0.355 e. The Morgan fingerprint density at radius 2 is 2.10 bits per heavy atom. The number of rotatable bonds is 4. The van der Waals surface area contributed by atoms with Crippen LogP contribution in [-0.2, 0) is 0 Å². The van der Waals surface area contributed by atoms with Crippen molar-refractivity contribution in [1.82, 2.24) is 4.90 Å². The van der Waals surface area contributed by atoms with E-state index in [1.54, 1.807) is 6.20 Å². The zero-order valence-electron chi connectivity index (χ0n) is 6.80. The van der Waals surface area contributed by atoms with Crippen LogP contribution >= 0.6 is 0 Å². The van der Waals surface area contributed by atoms with Gasteiger partial charge in [-0.25, -0.2) is 0 Å². The van der Waals surface area contributed by atoms with Crippen molar-refractivity contribution in [2.75, 3.05) is 6.54 Å². The highest BCUT2D eigenvalue weighted by Gasteiger charge is 1.86. The monoisotopic (exact) mass is 137 g/mol. The second-order valence-corrected chi connectivity index (χ2v) is 2.09. The molecule has 0 fully saturated rings. The van der Waals surface area contributed by atoms with Crippen LogP contribution in [0.5, 0.6) is 0 Å². The molecule has 0 bridgehead atoms. The Balaban J connectivity index is 4.05. The minimum atomic E-state index is 0.953. The number of hydrogen-bond donors (Lipinski definition) is 0. The van der Waals surface area contributed by atoms with E-state index in [1.165, 1.54) is 0 Å². The van der Waals surface area contributed by atoms with Crippen LogP contribution in [0.15, 0.2) is 37.2 Å². The average Bonchev–Trinajstić information content (AvgIpc) is 1.99. The van der Waals surface area contributed by atoms with Gasteiger partial charge < -0.3 is 4.90 Å². The molecule has 0 heterocycles. The molecule has 0 atom stereocenters. The highest BCUT2D eigenvalue weighted by molar-refractivity contribution is 5.12. The van der Waals surface area contributed by atoms with E-state index in [9.17, 15) is 0 Å². The predicted molar refractivity (Wildman–Crippen MR) is 46.5 cm³/mol. The van der Waals surface area contributed by atoms with Crippen molar-refractivity contribution in [3.8, 4) is 0 Å². The van der Waals surface area contributed by atoms with Crippen molar-refractivity contribution in [3.05, 3.63) is 37.2 Å². The van der Waals surface area contributed by atoms with E-state index in [-0.39, 0.29) is 0 Å². The first-order chi connectivity index (χ1) is 4.74. The van der Waals surface area contributed by atoms with Gasteiger partial charge in [-0.1, -0.05) is 19.2 Å².